The Morgan fingerprint density at radius 2 is 1.41 bits per heavy atom. The molecule has 0 fully saturated rings. The van der Waals surface area contributed by atoms with Crippen molar-refractivity contribution in [2.24, 2.45) is 0 Å². The van der Waals surface area contributed by atoms with E-state index in [0.29, 0.717) is 5.88 Å². The number of anilines is 1. The van der Waals surface area contributed by atoms with E-state index in [-0.39, 0.29) is 0 Å². The highest BCUT2D eigenvalue weighted by atomic mass is 35.5. The third-order valence-corrected chi connectivity index (χ3v) is 2.86. The summed E-state index contributed by atoms with van der Waals surface area (Å²) in [4.78, 5) is 2.29. The molecular formula is C15H16ClN. The van der Waals surface area contributed by atoms with Crippen LogP contribution in [0.4, 0.5) is 5.69 Å². The van der Waals surface area contributed by atoms with Gasteiger partial charge in [-0.1, -0.05) is 48.5 Å². The zero-order valence-electron chi connectivity index (χ0n) is 9.72. The Morgan fingerprint density at radius 3 is 2.00 bits per heavy atom. The van der Waals surface area contributed by atoms with E-state index in [0.717, 1.165) is 13.1 Å². The van der Waals surface area contributed by atoms with Gasteiger partial charge in [0.15, 0.2) is 0 Å². The molecule has 0 radical (unpaired) electrons. The van der Waals surface area contributed by atoms with E-state index in [1.165, 1.54) is 11.3 Å². The molecule has 2 aromatic carbocycles. The number of hydrogen-bond donors (Lipinski definition) is 0. The smallest absolute Gasteiger partial charge is 0.0429 e. The molecule has 0 spiro atoms. The average molecular weight is 246 g/mol. The molecule has 0 saturated carbocycles. The van der Waals surface area contributed by atoms with Gasteiger partial charge in [0.1, 0.15) is 0 Å². The number of hydrogen-bond acceptors (Lipinski definition) is 1. The molecule has 1 nitrogen and oxygen atoms in total. The Morgan fingerprint density at radius 1 is 0.824 bits per heavy atom. The minimum absolute atomic E-state index is 0.641. The van der Waals surface area contributed by atoms with Crippen LogP contribution < -0.4 is 4.90 Å². The zero-order chi connectivity index (χ0) is 11.9. The standard InChI is InChI=1S/C15H16ClN/c16-11-12-17(15-9-5-2-6-10-15)13-14-7-3-1-4-8-14/h1-10H,11-13H2. The van der Waals surface area contributed by atoms with Crippen LogP contribution in [0.15, 0.2) is 60.7 Å². The first kappa shape index (κ1) is 12.0. The molecule has 0 aromatic heterocycles. The summed E-state index contributed by atoms with van der Waals surface area (Å²) >= 11 is 5.87. The first-order valence-electron chi connectivity index (χ1n) is 5.80. The normalized spacial score (nSPS) is 10.2. The van der Waals surface area contributed by atoms with Gasteiger partial charge in [0.2, 0.25) is 0 Å². The lowest BCUT2D eigenvalue weighted by Gasteiger charge is -2.24. The van der Waals surface area contributed by atoms with Gasteiger partial charge >= 0.3 is 0 Å². The fourth-order valence-electron chi connectivity index (χ4n) is 1.84. The molecule has 0 bridgehead atoms. The number of halogens is 1. The van der Waals surface area contributed by atoms with Crippen molar-refractivity contribution in [3.63, 3.8) is 0 Å². The van der Waals surface area contributed by atoms with Crippen LogP contribution in [-0.4, -0.2) is 12.4 Å². The van der Waals surface area contributed by atoms with Crippen molar-refractivity contribution in [1.29, 1.82) is 0 Å². The fraction of sp³-hybridized carbons (Fsp3) is 0.200. The maximum absolute atomic E-state index is 5.87. The van der Waals surface area contributed by atoms with E-state index in [9.17, 15) is 0 Å². The number of alkyl halides is 1. The van der Waals surface area contributed by atoms with Gasteiger partial charge in [0.05, 0.1) is 0 Å². The summed E-state index contributed by atoms with van der Waals surface area (Å²) in [7, 11) is 0. The van der Waals surface area contributed by atoms with Crippen LogP contribution in [0.3, 0.4) is 0 Å². The number of benzene rings is 2. The molecule has 0 unspecified atom stereocenters. The van der Waals surface area contributed by atoms with Crippen LogP contribution in [0, 0.1) is 0 Å². The quantitative estimate of drug-likeness (QED) is 0.722. The molecule has 0 atom stereocenters. The summed E-state index contributed by atoms with van der Waals surface area (Å²) in [6.45, 7) is 1.76. The first-order valence-corrected chi connectivity index (χ1v) is 6.33. The fourth-order valence-corrected chi connectivity index (χ4v) is 2.05. The lowest BCUT2D eigenvalue weighted by molar-refractivity contribution is 0.835. The lowest BCUT2D eigenvalue weighted by Crippen LogP contribution is -2.24. The predicted octanol–water partition coefficient (Wildman–Crippen LogP) is 3.93. The van der Waals surface area contributed by atoms with Gasteiger partial charge in [-0.3, -0.25) is 0 Å². The second-order valence-corrected chi connectivity index (χ2v) is 4.31. The van der Waals surface area contributed by atoms with Gasteiger partial charge < -0.3 is 4.90 Å². The second-order valence-electron chi connectivity index (χ2n) is 3.93. The second kappa shape index (κ2) is 6.31. The Labute approximate surface area is 108 Å². The van der Waals surface area contributed by atoms with E-state index in [4.69, 9.17) is 11.6 Å². The van der Waals surface area contributed by atoms with Gasteiger partial charge in [-0.15, -0.1) is 11.6 Å². The summed E-state index contributed by atoms with van der Waals surface area (Å²) in [5.41, 5.74) is 2.53. The van der Waals surface area contributed by atoms with E-state index < -0.39 is 0 Å². The summed E-state index contributed by atoms with van der Waals surface area (Å²) < 4.78 is 0. The van der Waals surface area contributed by atoms with E-state index in [1.807, 2.05) is 12.1 Å². The minimum atomic E-state index is 0.641. The van der Waals surface area contributed by atoms with Gasteiger partial charge in [-0.05, 0) is 17.7 Å². The monoisotopic (exact) mass is 245 g/mol. The average Bonchev–Trinajstić information content (AvgIpc) is 2.40. The first-order chi connectivity index (χ1) is 8.40. The molecule has 0 aliphatic heterocycles. The number of para-hydroxylation sites is 1. The van der Waals surface area contributed by atoms with Gasteiger partial charge in [0, 0.05) is 24.7 Å². The van der Waals surface area contributed by atoms with Gasteiger partial charge in [-0.2, -0.15) is 0 Å². The maximum Gasteiger partial charge on any atom is 0.0429 e. The van der Waals surface area contributed by atoms with Gasteiger partial charge in [0.25, 0.3) is 0 Å². The molecule has 88 valence electrons. The molecule has 0 heterocycles. The van der Waals surface area contributed by atoms with Crippen molar-refractivity contribution in [3.05, 3.63) is 66.2 Å². The van der Waals surface area contributed by atoms with Crippen LogP contribution in [0.2, 0.25) is 0 Å². The Hall–Kier alpha value is -1.47. The largest absolute Gasteiger partial charge is 0.366 e. The van der Waals surface area contributed by atoms with Crippen molar-refractivity contribution in [2.45, 2.75) is 6.54 Å². The predicted molar refractivity (Wildman–Crippen MR) is 74.7 cm³/mol. The molecule has 17 heavy (non-hydrogen) atoms. The summed E-state index contributed by atoms with van der Waals surface area (Å²) in [5, 5.41) is 0. The maximum atomic E-state index is 5.87. The third kappa shape index (κ3) is 3.50. The summed E-state index contributed by atoms with van der Waals surface area (Å²) in [6.07, 6.45) is 0. The molecule has 2 heteroatoms. The topological polar surface area (TPSA) is 3.24 Å². The third-order valence-electron chi connectivity index (χ3n) is 2.69. The Balaban J connectivity index is 2.13. The molecule has 2 aromatic rings. The molecule has 0 N–H and O–H groups in total. The van der Waals surface area contributed by atoms with Crippen molar-refractivity contribution in [1.82, 2.24) is 0 Å². The lowest BCUT2D eigenvalue weighted by atomic mass is 10.2. The van der Waals surface area contributed by atoms with Crippen molar-refractivity contribution in [3.8, 4) is 0 Å². The molecule has 0 saturated heterocycles. The SMILES string of the molecule is ClCCN(Cc1ccccc1)c1ccccc1. The Bertz CT molecular complexity index is 427. The van der Waals surface area contributed by atoms with Crippen molar-refractivity contribution < 1.29 is 0 Å². The van der Waals surface area contributed by atoms with E-state index in [2.05, 4.69) is 53.4 Å². The summed E-state index contributed by atoms with van der Waals surface area (Å²) in [5.74, 6) is 0.641. The molecular weight excluding hydrogens is 230 g/mol. The molecule has 0 amide bonds. The van der Waals surface area contributed by atoms with Crippen LogP contribution in [0.25, 0.3) is 0 Å². The highest BCUT2D eigenvalue weighted by molar-refractivity contribution is 6.18. The highest BCUT2D eigenvalue weighted by Crippen LogP contribution is 2.16. The molecule has 0 aliphatic carbocycles. The Kier molecular flexibility index (Phi) is 4.45. The minimum Gasteiger partial charge on any atom is -0.366 e. The molecule has 0 aliphatic rings. The summed E-state index contributed by atoms with van der Waals surface area (Å²) in [6, 6.07) is 20.9. The van der Waals surface area contributed by atoms with E-state index >= 15 is 0 Å². The van der Waals surface area contributed by atoms with Gasteiger partial charge in [-0.25, -0.2) is 0 Å². The molecule has 2 rings (SSSR count). The van der Waals surface area contributed by atoms with Crippen molar-refractivity contribution >= 4 is 17.3 Å². The zero-order valence-corrected chi connectivity index (χ0v) is 10.5. The van der Waals surface area contributed by atoms with E-state index in [1.54, 1.807) is 0 Å². The number of rotatable bonds is 5. The highest BCUT2D eigenvalue weighted by Gasteiger charge is 2.05. The van der Waals surface area contributed by atoms with Crippen LogP contribution >= 0.6 is 11.6 Å². The van der Waals surface area contributed by atoms with Crippen LogP contribution in [-0.2, 0) is 6.54 Å². The van der Waals surface area contributed by atoms with Crippen LogP contribution in [0.5, 0.6) is 0 Å². The van der Waals surface area contributed by atoms with Crippen molar-refractivity contribution in [2.75, 3.05) is 17.3 Å². The number of nitrogens with zero attached hydrogens (tertiary/aromatic N) is 1. The van der Waals surface area contributed by atoms with Crippen LogP contribution in [0.1, 0.15) is 5.56 Å².